The summed E-state index contributed by atoms with van der Waals surface area (Å²) in [6, 6.07) is 5.99. The highest BCUT2D eigenvalue weighted by Gasteiger charge is 2.08. The Bertz CT molecular complexity index is 329. The molecular formula is C10H10BrNO. The van der Waals surface area contributed by atoms with E-state index in [2.05, 4.69) is 22.0 Å². The lowest BCUT2D eigenvalue weighted by molar-refractivity contribution is 0.413. The van der Waals surface area contributed by atoms with E-state index in [9.17, 15) is 0 Å². The van der Waals surface area contributed by atoms with Crippen LogP contribution in [-0.2, 0) is 5.33 Å². The summed E-state index contributed by atoms with van der Waals surface area (Å²) in [7, 11) is 1.58. The molecule has 0 saturated heterocycles. The van der Waals surface area contributed by atoms with E-state index in [0.29, 0.717) is 16.6 Å². The van der Waals surface area contributed by atoms with Gasteiger partial charge in [0.05, 0.1) is 12.7 Å². The van der Waals surface area contributed by atoms with E-state index < -0.39 is 0 Å². The first-order valence-corrected chi connectivity index (χ1v) is 4.98. The predicted molar refractivity (Wildman–Crippen MR) is 55.1 cm³/mol. The first-order valence-electron chi connectivity index (χ1n) is 3.86. The minimum atomic E-state index is 0.616. The fourth-order valence-electron chi connectivity index (χ4n) is 1.22. The van der Waals surface area contributed by atoms with Gasteiger partial charge in [-0.25, -0.2) is 0 Å². The molecule has 0 bridgehead atoms. The Morgan fingerprint density at radius 3 is 2.69 bits per heavy atom. The summed E-state index contributed by atoms with van der Waals surface area (Å²) in [4.78, 5) is 0. The first-order chi connectivity index (χ1) is 6.22. The van der Waals surface area contributed by atoms with Crippen LogP contribution in [0, 0.1) is 18.3 Å². The topological polar surface area (TPSA) is 33.0 Å². The molecule has 0 N–H and O–H groups in total. The van der Waals surface area contributed by atoms with E-state index in [0.717, 1.165) is 11.1 Å². The molecule has 0 aliphatic carbocycles. The summed E-state index contributed by atoms with van der Waals surface area (Å²) in [6.07, 6.45) is 0. The Labute approximate surface area is 86.3 Å². The monoisotopic (exact) mass is 239 g/mol. The molecule has 0 fully saturated rings. The zero-order valence-corrected chi connectivity index (χ0v) is 9.18. The second-order valence-electron chi connectivity index (χ2n) is 2.75. The molecule has 2 nitrogen and oxygen atoms in total. The highest BCUT2D eigenvalue weighted by molar-refractivity contribution is 9.08. The van der Waals surface area contributed by atoms with E-state index in [4.69, 9.17) is 10.00 Å². The van der Waals surface area contributed by atoms with E-state index in [1.165, 1.54) is 0 Å². The van der Waals surface area contributed by atoms with Crippen LogP contribution in [0.25, 0.3) is 0 Å². The third-order valence-corrected chi connectivity index (χ3v) is 2.41. The molecular weight excluding hydrogens is 230 g/mol. The maximum Gasteiger partial charge on any atom is 0.137 e. The van der Waals surface area contributed by atoms with Gasteiger partial charge in [0.15, 0.2) is 0 Å². The van der Waals surface area contributed by atoms with Crippen LogP contribution in [-0.4, -0.2) is 7.11 Å². The van der Waals surface area contributed by atoms with Crippen molar-refractivity contribution < 1.29 is 4.74 Å². The number of alkyl halides is 1. The molecule has 1 aromatic carbocycles. The SMILES string of the molecule is COc1cc(C)cc(CBr)c1C#N. The van der Waals surface area contributed by atoms with Crippen LogP contribution in [0.1, 0.15) is 16.7 Å². The average molecular weight is 240 g/mol. The molecule has 0 aromatic heterocycles. The average Bonchev–Trinajstić information content (AvgIpc) is 2.16. The van der Waals surface area contributed by atoms with Crippen LogP contribution in [0.15, 0.2) is 12.1 Å². The van der Waals surface area contributed by atoms with Gasteiger partial charge >= 0.3 is 0 Å². The molecule has 0 saturated carbocycles. The van der Waals surface area contributed by atoms with Crippen molar-refractivity contribution in [2.75, 3.05) is 7.11 Å². The van der Waals surface area contributed by atoms with Gasteiger partial charge in [-0.3, -0.25) is 0 Å². The Balaban J connectivity index is 3.36. The molecule has 0 atom stereocenters. The molecule has 13 heavy (non-hydrogen) atoms. The van der Waals surface area contributed by atoms with Crippen LogP contribution in [0.3, 0.4) is 0 Å². The van der Waals surface area contributed by atoms with Crippen molar-refractivity contribution in [2.45, 2.75) is 12.3 Å². The standard InChI is InChI=1S/C10H10BrNO/c1-7-3-8(5-11)9(6-12)10(4-7)13-2/h3-4H,5H2,1-2H3. The molecule has 0 unspecified atom stereocenters. The lowest BCUT2D eigenvalue weighted by Crippen LogP contribution is -1.94. The van der Waals surface area contributed by atoms with Crippen LogP contribution < -0.4 is 4.74 Å². The summed E-state index contributed by atoms with van der Waals surface area (Å²) in [5.74, 6) is 0.650. The number of hydrogen-bond acceptors (Lipinski definition) is 2. The van der Waals surface area contributed by atoms with Crippen LogP contribution in [0.4, 0.5) is 0 Å². The fourth-order valence-corrected chi connectivity index (χ4v) is 1.66. The highest BCUT2D eigenvalue weighted by Crippen LogP contribution is 2.25. The number of methoxy groups -OCH3 is 1. The second kappa shape index (κ2) is 4.29. The molecule has 0 aliphatic rings. The predicted octanol–water partition coefficient (Wildman–Crippen LogP) is 2.77. The van der Waals surface area contributed by atoms with Crippen LogP contribution in [0.2, 0.25) is 0 Å². The summed E-state index contributed by atoms with van der Waals surface area (Å²) < 4.78 is 5.12. The molecule has 68 valence electrons. The Hall–Kier alpha value is -1.01. The summed E-state index contributed by atoms with van der Waals surface area (Å²) >= 11 is 3.34. The number of aryl methyl sites for hydroxylation is 1. The third-order valence-electron chi connectivity index (χ3n) is 1.80. The number of nitrogens with zero attached hydrogens (tertiary/aromatic N) is 1. The maximum atomic E-state index is 8.90. The largest absolute Gasteiger partial charge is 0.495 e. The molecule has 0 heterocycles. The van der Waals surface area contributed by atoms with Crippen molar-refractivity contribution >= 4 is 15.9 Å². The Kier molecular flexibility index (Phi) is 3.32. The zero-order valence-electron chi connectivity index (χ0n) is 7.60. The quantitative estimate of drug-likeness (QED) is 0.744. The van der Waals surface area contributed by atoms with Gasteiger partial charge in [0.1, 0.15) is 11.8 Å². The summed E-state index contributed by atoms with van der Waals surface area (Å²) in [5, 5.41) is 9.58. The van der Waals surface area contributed by atoms with E-state index >= 15 is 0 Å². The fraction of sp³-hybridized carbons (Fsp3) is 0.300. The van der Waals surface area contributed by atoms with Crippen molar-refractivity contribution in [2.24, 2.45) is 0 Å². The number of halogens is 1. The minimum absolute atomic E-state index is 0.616. The van der Waals surface area contributed by atoms with Gasteiger partial charge in [-0.15, -0.1) is 0 Å². The van der Waals surface area contributed by atoms with E-state index in [1.807, 2.05) is 19.1 Å². The molecule has 1 aromatic rings. The summed E-state index contributed by atoms with van der Waals surface area (Å²) in [5.41, 5.74) is 2.69. The molecule has 0 spiro atoms. The van der Waals surface area contributed by atoms with Gasteiger partial charge in [0, 0.05) is 5.33 Å². The van der Waals surface area contributed by atoms with Gasteiger partial charge in [-0.05, 0) is 24.1 Å². The Morgan fingerprint density at radius 2 is 2.23 bits per heavy atom. The van der Waals surface area contributed by atoms with E-state index in [1.54, 1.807) is 7.11 Å². The van der Waals surface area contributed by atoms with Crippen molar-refractivity contribution in [1.29, 1.82) is 5.26 Å². The van der Waals surface area contributed by atoms with Gasteiger partial charge in [-0.2, -0.15) is 5.26 Å². The minimum Gasteiger partial charge on any atom is -0.495 e. The molecule has 0 amide bonds. The number of benzene rings is 1. The Morgan fingerprint density at radius 1 is 1.54 bits per heavy atom. The van der Waals surface area contributed by atoms with Crippen LogP contribution in [0.5, 0.6) is 5.75 Å². The molecule has 0 aliphatic heterocycles. The molecule has 3 heteroatoms. The molecule has 0 radical (unpaired) electrons. The van der Waals surface area contributed by atoms with Gasteiger partial charge in [-0.1, -0.05) is 22.0 Å². The second-order valence-corrected chi connectivity index (χ2v) is 3.31. The summed E-state index contributed by atoms with van der Waals surface area (Å²) in [6.45, 7) is 1.98. The number of ether oxygens (including phenoxy) is 1. The number of hydrogen-bond donors (Lipinski definition) is 0. The van der Waals surface area contributed by atoms with Gasteiger partial charge in [0.25, 0.3) is 0 Å². The van der Waals surface area contributed by atoms with Gasteiger partial charge in [0.2, 0.25) is 0 Å². The van der Waals surface area contributed by atoms with Crippen molar-refractivity contribution in [1.82, 2.24) is 0 Å². The zero-order chi connectivity index (χ0) is 9.84. The number of rotatable bonds is 2. The van der Waals surface area contributed by atoms with Crippen molar-refractivity contribution in [3.8, 4) is 11.8 Å². The normalized spacial score (nSPS) is 9.38. The van der Waals surface area contributed by atoms with E-state index in [-0.39, 0.29) is 0 Å². The maximum absolute atomic E-state index is 8.90. The highest BCUT2D eigenvalue weighted by atomic mass is 79.9. The smallest absolute Gasteiger partial charge is 0.137 e. The lowest BCUT2D eigenvalue weighted by Gasteiger charge is -2.07. The number of nitriles is 1. The first kappa shape index (κ1) is 10.1. The van der Waals surface area contributed by atoms with Crippen molar-refractivity contribution in [3.05, 3.63) is 28.8 Å². The van der Waals surface area contributed by atoms with Crippen molar-refractivity contribution in [3.63, 3.8) is 0 Å². The lowest BCUT2D eigenvalue weighted by atomic mass is 10.1. The molecule has 1 rings (SSSR count). The van der Waals surface area contributed by atoms with Crippen LogP contribution >= 0.6 is 15.9 Å². The van der Waals surface area contributed by atoms with Gasteiger partial charge < -0.3 is 4.74 Å². The third kappa shape index (κ3) is 2.02.